The number of likely N-dealkylation sites (tertiary alicyclic amines) is 1. The SMILES string of the molecule is C1CN[C@H](CN2CC[C@@H](O[C@@H]3CCOC3)C2)C1. The Morgan fingerprint density at radius 2 is 2.24 bits per heavy atom. The molecule has 0 spiro atoms. The molecule has 0 bridgehead atoms. The first-order chi connectivity index (χ1) is 8.40. The summed E-state index contributed by atoms with van der Waals surface area (Å²) in [6, 6.07) is 0.726. The van der Waals surface area contributed by atoms with Crippen LogP contribution in [0.3, 0.4) is 0 Å². The molecule has 4 nitrogen and oxygen atoms in total. The van der Waals surface area contributed by atoms with E-state index in [1.165, 1.54) is 38.9 Å². The predicted octanol–water partition coefficient (Wildman–Crippen LogP) is 0.618. The third-order valence-corrected chi connectivity index (χ3v) is 4.14. The Kier molecular flexibility index (Phi) is 3.96. The van der Waals surface area contributed by atoms with E-state index in [1.807, 2.05) is 0 Å². The van der Waals surface area contributed by atoms with E-state index in [-0.39, 0.29) is 0 Å². The highest BCUT2D eigenvalue weighted by Gasteiger charge is 2.29. The number of hydrogen-bond acceptors (Lipinski definition) is 4. The van der Waals surface area contributed by atoms with Crippen molar-refractivity contribution in [3.63, 3.8) is 0 Å². The van der Waals surface area contributed by atoms with Gasteiger partial charge in [0.15, 0.2) is 0 Å². The van der Waals surface area contributed by atoms with E-state index in [2.05, 4.69) is 10.2 Å². The first-order valence-electron chi connectivity index (χ1n) is 7.09. The summed E-state index contributed by atoms with van der Waals surface area (Å²) in [5.74, 6) is 0. The van der Waals surface area contributed by atoms with Crippen LogP contribution >= 0.6 is 0 Å². The van der Waals surface area contributed by atoms with Gasteiger partial charge in [0.2, 0.25) is 0 Å². The zero-order valence-corrected chi connectivity index (χ0v) is 10.6. The highest BCUT2D eigenvalue weighted by Crippen LogP contribution is 2.19. The Balaban J connectivity index is 1.38. The Hall–Kier alpha value is -0.160. The van der Waals surface area contributed by atoms with Gasteiger partial charge in [0.25, 0.3) is 0 Å². The molecule has 0 saturated carbocycles. The maximum atomic E-state index is 6.08. The molecule has 0 amide bonds. The van der Waals surface area contributed by atoms with Gasteiger partial charge in [-0.25, -0.2) is 0 Å². The third kappa shape index (κ3) is 3.19. The average Bonchev–Trinajstić information content (AvgIpc) is 3.02. The van der Waals surface area contributed by atoms with Gasteiger partial charge in [0.1, 0.15) is 0 Å². The minimum atomic E-state index is 0.365. The van der Waals surface area contributed by atoms with Crippen LogP contribution in [0.15, 0.2) is 0 Å². The second kappa shape index (κ2) is 5.65. The second-order valence-corrected chi connectivity index (χ2v) is 5.59. The molecule has 0 aromatic carbocycles. The van der Waals surface area contributed by atoms with Crippen LogP contribution in [0.1, 0.15) is 25.7 Å². The Morgan fingerprint density at radius 3 is 3.00 bits per heavy atom. The molecule has 0 aromatic heterocycles. The van der Waals surface area contributed by atoms with E-state index in [0.29, 0.717) is 12.2 Å². The summed E-state index contributed by atoms with van der Waals surface area (Å²) >= 11 is 0. The highest BCUT2D eigenvalue weighted by molar-refractivity contribution is 4.84. The van der Waals surface area contributed by atoms with Crippen LogP contribution < -0.4 is 5.32 Å². The van der Waals surface area contributed by atoms with Crippen LogP contribution in [0.5, 0.6) is 0 Å². The lowest BCUT2D eigenvalue weighted by molar-refractivity contribution is -0.0103. The summed E-state index contributed by atoms with van der Waals surface area (Å²) in [4.78, 5) is 2.56. The smallest absolute Gasteiger partial charge is 0.0834 e. The van der Waals surface area contributed by atoms with Crippen molar-refractivity contribution in [1.29, 1.82) is 0 Å². The van der Waals surface area contributed by atoms with Crippen molar-refractivity contribution >= 4 is 0 Å². The van der Waals surface area contributed by atoms with Crippen molar-refractivity contribution in [2.75, 3.05) is 39.4 Å². The molecule has 3 aliphatic heterocycles. The van der Waals surface area contributed by atoms with Crippen LogP contribution in [0.25, 0.3) is 0 Å². The van der Waals surface area contributed by atoms with Gasteiger partial charge < -0.3 is 14.8 Å². The van der Waals surface area contributed by atoms with Crippen LogP contribution in [-0.4, -0.2) is 62.5 Å². The van der Waals surface area contributed by atoms with Crippen LogP contribution in [0, 0.1) is 0 Å². The van der Waals surface area contributed by atoms with Crippen molar-refractivity contribution in [1.82, 2.24) is 10.2 Å². The molecule has 3 rings (SSSR count). The molecule has 3 aliphatic rings. The van der Waals surface area contributed by atoms with Gasteiger partial charge in [-0.1, -0.05) is 0 Å². The summed E-state index contributed by atoms with van der Waals surface area (Å²) in [6.45, 7) is 6.43. The molecule has 0 unspecified atom stereocenters. The first kappa shape index (κ1) is 11.9. The molecule has 3 heterocycles. The third-order valence-electron chi connectivity index (χ3n) is 4.14. The first-order valence-corrected chi connectivity index (χ1v) is 7.09. The van der Waals surface area contributed by atoms with Crippen molar-refractivity contribution in [3.05, 3.63) is 0 Å². The number of ether oxygens (including phenoxy) is 2. The molecular weight excluding hydrogens is 216 g/mol. The van der Waals surface area contributed by atoms with Gasteiger partial charge in [-0.3, -0.25) is 4.90 Å². The number of hydrogen-bond donors (Lipinski definition) is 1. The van der Waals surface area contributed by atoms with Crippen LogP contribution in [-0.2, 0) is 9.47 Å². The quantitative estimate of drug-likeness (QED) is 0.781. The van der Waals surface area contributed by atoms with E-state index in [4.69, 9.17) is 9.47 Å². The number of rotatable bonds is 4. The molecule has 3 fully saturated rings. The van der Waals surface area contributed by atoms with Gasteiger partial charge in [0, 0.05) is 32.3 Å². The Labute approximate surface area is 104 Å². The van der Waals surface area contributed by atoms with E-state index in [1.54, 1.807) is 0 Å². The summed E-state index contributed by atoms with van der Waals surface area (Å²) in [7, 11) is 0. The van der Waals surface area contributed by atoms with Gasteiger partial charge in [-0.05, 0) is 32.2 Å². The van der Waals surface area contributed by atoms with Gasteiger partial charge in [-0.15, -0.1) is 0 Å². The lowest BCUT2D eigenvalue weighted by Gasteiger charge is -2.21. The molecule has 4 heteroatoms. The minimum absolute atomic E-state index is 0.365. The lowest BCUT2D eigenvalue weighted by Crippen LogP contribution is -2.37. The lowest BCUT2D eigenvalue weighted by atomic mass is 10.2. The van der Waals surface area contributed by atoms with Crippen molar-refractivity contribution < 1.29 is 9.47 Å². The fourth-order valence-electron chi connectivity index (χ4n) is 3.19. The molecule has 17 heavy (non-hydrogen) atoms. The van der Waals surface area contributed by atoms with E-state index < -0.39 is 0 Å². The fourth-order valence-corrected chi connectivity index (χ4v) is 3.19. The highest BCUT2D eigenvalue weighted by atomic mass is 16.6. The zero-order chi connectivity index (χ0) is 11.5. The van der Waals surface area contributed by atoms with Gasteiger partial charge in [0.05, 0.1) is 18.8 Å². The second-order valence-electron chi connectivity index (χ2n) is 5.59. The standard InChI is InChI=1S/C13H24N2O2/c1-2-11(14-5-1)8-15-6-3-12(9-15)17-13-4-7-16-10-13/h11-14H,1-10H2/t11-,12+,13+/m0/s1. The summed E-state index contributed by atoms with van der Waals surface area (Å²) in [6.07, 6.45) is 5.79. The fraction of sp³-hybridized carbons (Fsp3) is 1.00. The largest absolute Gasteiger partial charge is 0.379 e. The summed E-state index contributed by atoms with van der Waals surface area (Å²) in [5.41, 5.74) is 0. The molecule has 98 valence electrons. The Morgan fingerprint density at radius 1 is 1.24 bits per heavy atom. The maximum Gasteiger partial charge on any atom is 0.0834 e. The van der Waals surface area contributed by atoms with E-state index >= 15 is 0 Å². The molecule has 3 atom stereocenters. The van der Waals surface area contributed by atoms with Gasteiger partial charge in [-0.2, -0.15) is 0 Å². The summed E-state index contributed by atoms with van der Waals surface area (Å²) < 4.78 is 11.4. The predicted molar refractivity (Wildman–Crippen MR) is 66.2 cm³/mol. The zero-order valence-electron chi connectivity index (χ0n) is 10.6. The van der Waals surface area contributed by atoms with Crippen LogP contribution in [0.2, 0.25) is 0 Å². The molecule has 0 radical (unpaired) electrons. The van der Waals surface area contributed by atoms with E-state index in [0.717, 1.165) is 32.2 Å². The molecular formula is C13H24N2O2. The summed E-state index contributed by atoms with van der Waals surface area (Å²) in [5, 5.41) is 3.57. The normalized spacial score (nSPS) is 39.2. The van der Waals surface area contributed by atoms with Crippen LogP contribution in [0.4, 0.5) is 0 Å². The number of nitrogens with one attached hydrogen (secondary N) is 1. The van der Waals surface area contributed by atoms with Gasteiger partial charge >= 0.3 is 0 Å². The Bertz CT molecular complexity index is 214. The monoisotopic (exact) mass is 240 g/mol. The van der Waals surface area contributed by atoms with Crippen molar-refractivity contribution in [2.45, 2.75) is 43.9 Å². The maximum absolute atomic E-state index is 6.08. The van der Waals surface area contributed by atoms with E-state index in [9.17, 15) is 0 Å². The topological polar surface area (TPSA) is 33.7 Å². The molecule has 3 saturated heterocycles. The van der Waals surface area contributed by atoms with Crippen molar-refractivity contribution in [2.24, 2.45) is 0 Å². The minimum Gasteiger partial charge on any atom is -0.379 e. The molecule has 0 aliphatic carbocycles. The molecule has 0 aromatic rings. The number of nitrogens with zero attached hydrogens (tertiary/aromatic N) is 1. The molecule has 1 N–H and O–H groups in total. The average molecular weight is 240 g/mol. The van der Waals surface area contributed by atoms with Crippen molar-refractivity contribution in [3.8, 4) is 0 Å².